The molecule has 1 aromatic rings. The number of aromatic nitrogens is 2. The average Bonchev–Trinajstić information content (AvgIpc) is 2.58. The highest BCUT2D eigenvalue weighted by atomic mass is 16.5. The van der Waals surface area contributed by atoms with Crippen molar-refractivity contribution in [3.63, 3.8) is 0 Å². The fraction of sp³-hybridized carbons (Fsp3) is 0.833. The molecule has 96 valence electrons. The molecular formula is C12H22N4O. The molecule has 1 aliphatic rings. The average molecular weight is 238 g/mol. The van der Waals surface area contributed by atoms with E-state index in [-0.39, 0.29) is 5.54 Å². The normalized spacial score (nSPS) is 21.4. The third-order valence-corrected chi connectivity index (χ3v) is 3.09. The maximum absolute atomic E-state index is 4.98. The summed E-state index contributed by atoms with van der Waals surface area (Å²) >= 11 is 0. The van der Waals surface area contributed by atoms with Crippen molar-refractivity contribution in [3.8, 4) is 0 Å². The van der Waals surface area contributed by atoms with E-state index in [0.29, 0.717) is 5.89 Å². The van der Waals surface area contributed by atoms with E-state index in [4.69, 9.17) is 4.52 Å². The van der Waals surface area contributed by atoms with Crippen LogP contribution < -0.4 is 5.32 Å². The number of rotatable bonds is 3. The topological polar surface area (TPSA) is 54.2 Å². The Kier molecular flexibility index (Phi) is 3.79. The molecule has 2 heterocycles. The van der Waals surface area contributed by atoms with Crippen LogP contribution in [0.25, 0.3) is 0 Å². The van der Waals surface area contributed by atoms with Gasteiger partial charge in [0, 0.05) is 32.0 Å². The summed E-state index contributed by atoms with van der Waals surface area (Å²) < 4.78 is 4.98. The van der Waals surface area contributed by atoms with Crippen LogP contribution in [0.3, 0.4) is 0 Å². The summed E-state index contributed by atoms with van der Waals surface area (Å²) in [5, 5.41) is 7.49. The molecule has 0 saturated carbocycles. The Morgan fingerprint density at radius 1 is 1.47 bits per heavy atom. The van der Waals surface area contributed by atoms with E-state index in [0.717, 1.165) is 38.4 Å². The third-order valence-electron chi connectivity index (χ3n) is 3.09. The molecule has 0 spiro atoms. The summed E-state index contributed by atoms with van der Waals surface area (Å²) in [4.78, 5) is 6.71. The SMILES string of the molecule is Cc1nc(CCN2CCCNC(C)(C)C2)no1. The smallest absolute Gasteiger partial charge is 0.223 e. The standard InChI is InChI=1S/C12H22N4O/c1-10-14-11(15-17-10)5-8-16-7-4-6-13-12(2,3)9-16/h13H,4-9H2,1-3H3. The molecule has 5 heteroatoms. The van der Waals surface area contributed by atoms with Crippen LogP contribution in [0.5, 0.6) is 0 Å². The minimum Gasteiger partial charge on any atom is -0.340 e. The summed E-state index contributed by atoms with van der Waals surface area (Å²) in [6.07, 6.45) is 2.07. The van der Waals surface area contributed by atoms with Crippen molar-refractivity contribution in [1.29, 1.82) is 0 Å². The first-order valence-corrected chi connectivity index (χ1v) is 6.32. The van der Waals surface area contributed by atoms with Crippen LogP contribution in [0, 0.1) is 6.92 Å². The lowest BCUT2D eigenvalue weighted by atomic mass is 10.1. The Morgan fingerprint density at radius 2 is 2.29 bits per heavy atom. The van der Waals surface area contributed by atoms with Crippen molar-refractivity contribution in [2.24, 2.45) is 0 Å². The molecule has 1 saturated heterocycles. The first-order valence-electron chi connectivity index (χ1n) is 6.32. The zero-order chi connectivity index (χ0) is 12.3. The van der Waals surface area contributed by atoms with Gasteiger partial charge in [-0.2, -0.15) is 4.98 Å². The molecule has 5 nitrogen and oxygen atoms in total. The van der Waals surface area contributed by atoms with Crippen LogP contribution in [-0.2, 0) is 6.42 Å². The lowest BCUT2D eigenvalue weighted by molar-refractivity contribution is 0.231. The van der Waals surface area contributed by atoms with Gasteiger partial charge in [-0.1, -0.05) is 5.16 Å². The van der Waals surface area contributed by atoms with Crippen molar-refractivity contribution < 1.29 is 4.52 Å². The molecule has 17 heavy (non-hydrogen) atoms. The minimum absolute atomic E-state index is 0.198. The highest BCUT2D eigenvalue weighted by Crippen LogP contribution is 2.10. The molecule has 1 N–H and O–H groups in total. The predicted molar refractivity (Wildman–Crippen MR) is 65.9 cm³/mol. The predicted octanol–water partition coefficient (Wildman–Crippen LogP) is 0.994. The Bertz CT molecular complexity index is 361. The Balaban J connectivity index is 1.85. The van der Waals surface area contributed by atoms with Gasteiger partial charge in [0.2, 0.25) is 5.89 Å². The Hall–Kier alpha value is -0.940. The van der Waals surface area contributed by atoms with E-state index in [2.05, 4.69) is 34.2 Å². The first-order chi connectivity index (χ1) is 8.05. The summed E-state index contributed by atoms with van der Waals surface area (Å²) in [6, 6.07) is 0. The maximum Gasteiger partial charge on any atom is 0.223 e. The van der Waals surface area contributed by atoms with E-state index >= 15 is 0 Å². The molecule has 1 aliphatic heterocycles. The number of hydrogen-bond donors (Lipinski definition) is 1. The molecule has 0 radical (unpaired) electrons. The van der Waals surface area contributed by atoms with E-state index < -0.39 is 0 Å². The minimum atomic E-state index is 0.198. The molecule has 0 amide bonds. The second-order valence-corrected chi connectivity index (χ2v) is 5.42. The molecule has 0 aromatic carbocycles. The lowest BCUT2D eigenvalue weighted by Crippen LogP contribution is -2.46. The highest BCUT2D eigenvalue weighted by Gasteiger charge is 2.23. The molecule has 1 fully saturated rings. The van der Waals surface area contributed by atoms with Gasteiger partial charge in [0.25, 0.3) is 0 Å². The van der Waals surface area contributed by atoms with Gasteiger partial charge in [-0.3, -0.25) is 0 Å². The monoisotopic (exact) mass is 238 g/mol. The zero-order valence-electron chi connectivity index (χ0n) is 11.0. The molecule has 0 atom stereocenters. The van der Waals surface area contributed by atoms with Crippen LogP contribution in [0.4, 0.5) is 0 Å². The summed E-state index contributed by atoms with van der Waals surface area (Å²) in [6.45, 7) is 10.7. The first kappa shape index (κ1) is 12.5. The van der Waals surface area contributed by atoms with Gasteiger partial charge in [0.1, 0.15) is 0 Å². The number of nitrogens with one attached hydrogen (secondary N) is 1. The van der Waals surface area contributed by atoms with Crippen molar-refractivity contribution in [2.75, 3.05) is 26.2 Å². The van der Waals surface area contributed by atoms with Gasteiger partial charge in [-0.15, -0.1) is 0 Å². The summed E-state index contributed by atoms with van der Waals surface area (Å²) in [5.74, 6) is 1.47. The zero-order valence-corrected chi connectivity index (χ0v) is 11.0. The summed E-state index contributed by atoms with van der Waals surface area (Å²) in [7, 11) is 0. The van der Waals surface area contributed by atoms with Crippen molar-refractivity contribution in [3.05, 3.63) is 11.7 Å². The van der Waals surface area contributed by atoms with Gasteiger partial charge in [0.05, 0.1) is 0 Å². The molecule has 1 aromatic heterocycles. The third kappa shape index (κ3) is 3.78. The molecule has 0 aliphatic carbocycles. The van der Waals surface area contributed by atoms with E-state index in [1.54, 1.807) is 0 Å². The van der Waals surface area contributed by atoms with E-state index in [1.807, 2.05) is 6.92 Å². The van der Waals surface area contributed by atoms with Crippen LogP contribution in [0.1, 0.15) is 32.0 Å². The van der Waals surface area contributed by atoms with Crippen LogP contribution in [0.15, 0.2) is 4.52 Å². The van der Waals surface area contributed by atoms with Crippen LogP contribution in [0.2, 0.25) is 0 Å². The van der Waals surface area contributed by atoms with Gasteiger partial charge in [0.15, 0.2) is 5.82 Å². The largest absolute Gasteiger partial charge is 0.340 e. The number of hydrogen-bond acceptors (Lipinski definition) is 5. The quantitative estimate of drug-likeness (QED) is 0.851. The molecule has 0 bridgehead atoms. The number of nitrogens with zero attached hydrogens (tertiary/aromatic N) is 3. The van der Waals surface area contributed by atoms with Gasteiger partial charge >= 0.3 is 0 Å². The van der Waals surface area contributed by atoms with Crippen LogP contribution >= 0.6 is 0 Å². The summed E-state index contributed by atoms with van der Waals surface area (Å²) in [5.41, 5.74) is 0.198. The lowest BCUT2D eigenvalue weighted by Gasteiger charge is -2.29. The maximum atomic E-state index is 4.98. The van der Waals surface area contributed by atoms with E-state index in [1.165, 1.54) is 6.42 Å². The van der Waals surface area contributed by atoms with Gasteiger partial charge in [-0.05, 0) is 33.4 Å². The van der Waals surface area contributed by atoms with Gasteiger partial charge < -0.3 is 14.7 Å². The van der Waals surface area contributed by atoms with Gasteiger partial charge in [-0.25, -0.2) is 0 Å². The number of aryl methyl sites for hydroxylation is 1. The fourth-order valence-electron chi connectivity index (χ4n) is 2.32. The van der Waals surface area contributed by atoms with Crippen molar-refractivity contribution >= 4 is 0 Å². The van der Waals surface area contributed by atoms with Crippen molar-refractivity contribution in [1.82, 2.24) is 20.4 Å². The second kappa shape index (κ2) is 5.14. The molecule has 0 unspecified atom stereocenters. The molecular weight excluding hydrogens is 216 g/mol. The van der Waals surface area contributed by atoms with Crippen molar-refractivity contribution in [2.45, 2.75) is 39.2 Å². The highest BCUT2D eigenvalue weighted by molar-refractivity contribution is 4.88. The molecule has 2 rings (SSSR count). The second-order valence-electron chi connectivity index (χ2n) is 5.42. The fourth-order valence-corrected chi connectivity index (χ4v) is 2.32. The van der Waals surface area contributed by atoms with Crippen LogP contribution in [-0.4, -0.2) is 46.8 Å². The van der Waals surface area contributed by atoms with E-state index in [9.17, 15) is 0 Å². The Labute approximate surface area is 103 Å². The Morgan fingerprint density at radius 3 is 3.00 bits per heavy atom.